The summed E-state index contributed by atoms with van der Waals surface area (Å²) in [5.74, 6) is 0.540. The number of benzene rings is 1. The molecule has 0 radical (unpaired) electrons. The summed E-state index contributed by atoms with van der Waals surface area (Å²) in [6.45, 7) is 2.87. The van der Waals surface area contributed by atoms with E-state index in [0.717, 1.165) is 0 Å². The van der Waals surface area contributed by atoms with Gasteiger partial charge in [-0.25, -0.2) is 0 Å². The summed E-state index contributed by atoms with van der Waals surface area (Å²) in [7, 11) is 0. The van der Waals surface area contributed by atoms with Gasteiger partial charge in [-0.3, -0.25) is 9.38 Å². The van der Waals surface area contributed by atoms with Crippen molar-refractivity contribution < 1.29 is 9.50 Å². The van der Waals surface area contributed by atoms with Crippen molar-refractivity contribution in [3.05, 3.63) is 33.8 Å². The summed E-state index contributed by atoms with van der Waals surface area (Å²) in [6, 6.07) is 4.90. The number of aliphatic hydroxyl groups is 1. The van der Waals surface area contributed by atoms with Crippen LogP contribution in [0.1, 0.15) is 25.0 Å². The molecule has 22 heavy (non-hydrogen) atoms. The molecule has 0 amide bonds. The van der Waals surface area contributed by atoms with Crippen molar-refractivity contribution in [2.75, 3.05) is 26.3 Å². The van der Waals surface area contributed by atoms with E-state index in [2.05, 4.69) is 15.6 Å². The number of aliphatic hydroxyl groups excluding tert-OH is 1. The lowest BCUT2D eigenvalue weighted by Crippen LogP contribution is -2.38. The lowest BCUT2D eigenvalue weighted by atomic mass is 10.1. The first kappa shape index (κ1) is 21.7. The Morgan fingerprint density at radius 3 is 2.45 bits per heavy atom. The van der Waals surface area contributed by atoms with Crippen molar-refractivity contribution in [1.29, 1.82) is 0 Å². The number of halogens is 4. The smallest absolute Gasteiger partial charge is 0.191 e. The van der Waals surface area contributed by atoms with Crippen LogP contribution in [0.5, 0.6) is 0 Å². The molecule has 126 valence electrons. The molecule has 1 aromatic rings. The maximum Gasteiger partial charge on any atom is 0.191 e. The average Bonchev–Trinajstić information content (AvgIpc) is 2.43. The highest BCUT2D eigenvalue weighted by Crippen LogP contribution is 2.23. The quantitative estimate of drug-likeness (QED) is 0.251. The maximum absolute atomic E-state index is 12.1. The summed E-state index contributed by atoms with van der Waals surface area (Å²) in [5, 5.41) is 17.1. The van der Waals surface area contributed by atoms with Crippen molar-refractivity contribution in [3.8, 4) is 0 Å². The molecule has 4 nitrogen and oxygen atoms in total. The predicted molar refractivity (Wildman–Crippen MR) is 101 cm³/mol. The molecule has 0 saturated carbocycles. The van der Waals surface area contributed by atoms with E-state index in [1.165, 1.54) is 0 Å². The van der Waals surface area contributed by atoms with Gasteiger partial charge in [0, 0.05) is 23.1 Å². The molecule has 0 aromatic heterocycles. The Kier molecular flexibility index (Phi) is 12.0. The topological polar surface area (TPSA) is 56.7 Å². The second kappa shape index (κ2) is 12.2. The van der Waals surface area contributed by atoms with Crippen LogP contribution in [0.25, 0.3) is 0 Å². The van der Waals surface area contributed by atoms with Gasteiger partial charge in [0.2, 0.25) is 0 Å². The van der Waals surface area contributed by atoms with Crippen LogP contribution < -0.4 is 10.6 Å². The van der Waals surface area contributed by atoms with E-state index in [1.807, 2.05) is 6.92 Å². The summed E-state index contributed by atoms with van der Waals surface area (Å²) >= 11 is 11.8. The van der Waals surface area contributed by atoms with E-state index >= 15 is 0 Å². The molecule has 3 N–H and O–H groups in total. The Morgan fingerprint density at radius 2 is 1.91 bits per heavy atom. The molecule has 1 unspecified atom stereocenters. The Bertz CT molecular complexity index is 457. The van der Waals surface area contributed by atoms with Crippen molar-refractivity contribution in [2.24, 2.45) is 4.99 Å². The number of hydrogen-bond acceptors (Lipinski definition) is 2. The van der Waals surface area contributed by atoms with Gasteiger partial charge < -0.3 is 15.7 Å². The molecule has 0 aliphatic rings. The Hall–Kier alpha value is -0.310. The fourth-order valence-electron chi connectivity index (χ4n) is 1.67. The molecular weight excluding hydrogens is 443 g/mol. The van der Waals surface area contributed by atoms with E-state index in [1.54, 1.807) is 18.2 Å². The molecule has 1 atom stereocenters. The minimum atomic E-state index is -0.808. The summed E-state index contributed by atoms with van der Waals surface area (Å²) in [4.78, 5) is 4.26. The fraction of sp³-hybridized carbons (Fsp3) is 0.500. The van der Waals surface area contributed by atoms with Gasteiger partial charge in [0.25, 0.3) is 0 Å². The molecular formula is C14H21Cl2FIN3O. The summed E-state index contributed by atoms with van der Waals surface area (Å²) in [5.41, 5.74) is 0.607. The van der Waals surface area contributed by atoms with Crippen LogP contribution in [0.2, 0.25) is 10.0 Å². The van der Waals surface area contributed by atoms with Crippen LogP contribution in [0.4, 0.5) is 4.39 Å². The van der Waals surface area contributed by atoms with Crippen molar-refractivity contribution in [3.63, 3.8) is 0 Å². The number of alkyl halides is 1. The molecule has 8 heteroatoms. The second-order valence-electron chi connectivity index (χ2n) is 4.41. The Morgan fingerprint density at radius 1 is 1.27 bits per heavy atom. The maximum atomic E-state index is 12.1. The summed E-state index contributed by atoms with van der Waals surface area (Å²) < 4.78 is 12.1. The summed E-state index contributed by atoms with van der Waals surface area (Å²) in [6.07, 6.45) is -0.394. The van der Waals surface area contributed by atoms with Gasteiger partial charge >= 0.3 is 0 Å². The third-order valence-corrected chi connectivity index (χ3v) is 3.08. The first-order chi connectivity index (χ1) is 10.1. The van der Waals surface area contributed by atoms with Gasteiger partial charge in [0.05, 0.1) is 19.3 Å². The molecule has 1 rings (SSSR count). The highest BCUT2D eigenvalue weighted by atomic mass is 127. The number of hydrogen-bond donors (Lipinski definition) is 3. The zero-order valence-electron chi connectivity index (χ0n) is 12.3. The van der Waals surface area contributed by atoms with Crippen LogP contribution in [0, 0.1) is 0 Å². The van der Waals surface area contributed by atoms with Crippen LogP contribution in [-0.4, -0.2) is 37.4 Å². The minimum absolute atomic E-state index is 0. The SMILES string of the molecule is CCNC(=NCC(O)c1cc(Cl)cc(Cl)c1)NCCCF.I. The Labute approximate surface area is 157 Å². The molecule has 1 aromatic carbocycles. The molecule has 0 bridgehead atoms. The zero-order valence-corrected chi connectivity index (χ0v) is 16.1. The van der Waals surface area contributed by atoms with Gasteiger partial charge in [0.15, 0.2) is 5.96 Å². The van der Waals surface area contributed by atoms with Crippen molar-refractivity contribution >= 4 is 53.1 Å². The van der Waals surface area contributed by atoms with Crippen molar-refractivity contribution in [1.82, 2.24) is 10.6 Å². The Balaban J connectivity index is 0.00000441. The minimum Gasteiger partial charge on any atom is -0.386 e. The molecule has 0 aliphatic heterocycles. The van der Waals surface area contributed by atoms with Crippen LogP contribution in [0.15, 0.2) is 23.2 Å². The molecule has 0 heterocycles. The first-order valence-electron chi connectivity index (χ1n) is 6.79. The van der Waals surface area contributed by atoms with E-state index in [4.69, 9.17) is 23.2 Å². The number of nitrogens with one attached hydrogen (secondary N) is 2. The number of guanidine groups is 1. The monoisotopic (exact) mass is 463 g/mol. The van der Waals surface area contributed by atoms with Gasteiger partial charge in [-0.2, -0.15) is 0 Å². The van der Waals surface area contributed by atoms with Gasteiger partial charge in [0.1, 0.15) is 0 Å². The zero-order chi connectivity index (χ0) is 15.7. The predicted octanol–water partition coefficient (Wildman–Crippen LogP) is 3.56. The number of rotatable bonds is 7. The van der Waals surface area contributed by atoms with E-state index < -0.39 is 6.10 Å². The number of nitrogens with zero attached hydrogens (tertiary/aromatic N) is 1. The number of aliphatic imine (C=N–C) groups is 1. The fourth-order valence-corrected chi connectivity index (χ4v) is 2.21. The van der Waals surface area contributed by atoms with E-state index in [0.29, 0.717) is 41.1 Å². The van der Waals surface area contributed by atoms with Gasteiger partial charge in [-0.1, -0.05) is 23.2 Å². The van der Waals surface area contributed by atoms with E-state index in [-0.39, 0.29) is 37.2 Å². The molecule has 0 saturated heterocycles. The highest BCUT2D eigenvalue weighted by molar-refractivity contribution is 14.0. The molecule has 0 fully saturated rings. The molecule has 0 aliphatic carbocycles. The van der Waals surface area contributed by atoms with Crippen LogP contribution in [0.3, 0.4) is 0 Å². The van der Waals surface area contributed by atoms with Crippen LogP contribution >= 0.6 is 47.2 Å². The third-order valence-electron chi connectivity index (χ3n) is 2.64. The average molecular weight is 464 g/mol. The lowest BCUT2D eigenvalue weighted by Gasteiger charge is -2.13. The lowest BCUT2D eigenvalue weighted by molar-refractivity contribution is 0.187. The first-order valence-corrected chi connectivity index (χ1v) is 7.54. The van der Waals surface area contributed by atoms with E-state index in [9.17, 15) is 9.50 Å². The largest absolute Gasteiger partial charge is 0.386 e. The molecule has 0 spiro atoms. The normalized spacial score (nSPS) is 12.5. The third kappa shape index (κ3) is 8.36. The standard InChI is InChI=1S/C14H20Cl2FN3O.HI/c1-2-18-14(19-5-3-4-17)20-9-13(21)10-6-11(15)8-12(16)7-10;/h6-8,13,21H,2-5,9H2,1H3,(H2,18,19,20);1H. The van der Waals surface area contributed by atoms with Crippen molar-refractivity contribution in [2.45, 2.75) is 19.4 Å². The van der Waals surface area contributed by atoms with Gasteiger partial charge in [-0.15, -0.1) is 24.0 Å². The van der Waals surface area contributed by atoms with Gasteiger partial charge in [-0.05, 0) is 37.1 Å². The second-order valence-corrected chi connectivity index (χ2v) is 5.28. The highest BCUT2D eigenvalue weighted by Gasteiger charge is 2.09. The van der Waals surface area contributed by atoms with Crippen LogP contribution in [-0.2, 0) is 0 Å².